The average Bonchev–Trinajstić information content (AvgIpc) is 2.88. The van der Waals surface area contributed by atoms with Crippen LogP contribution in [0, 0.1) is 55.4 Å². The van der Waals surface area contributed by atoms with E-state index in [2.05, 4.69) is 0 Å². The third-order valence-corrected chi connectivity index (χ3v) is 8.13. The second kappa shape index (κ2) is 10.9. The molecule has 0 atom stereocenters. The molecule has 214 valence electrons. The largest absolute Gasteiger partial charge is 0.456 e. The van der Waals surface area contributed by atoms with Crippen molar-refractivity contribution in [2.75, 3.05) is 23.9 Å². The zero-order valence-electron chi connectivity index (χ0n) is 25.0. The molecule has 40 heavy (non-hydrogen) atoms. The van der Waals surface area contributed by atoms with E-state index >= 15 is 0 Å². The highest BCUT2D eigenvalue weighted by Gasteiger charge is 2.38. The van der Waals surface area contributed by atoms with E-state index in [1.807, 2.05) is 27.7 Å². The van der Waals surface area contributed by atoms with E-state index in [1.54, 1.807) is 50.8 Å². The summed E-state index contributed by atoms with van der Waals surface area (Å²) in [6, 6.07) is 2.95. The maximum Gasteiger partial charge on any atom is 0.417 e. The number of alkyl halides is 3. The van der Waals surface area contributed by atoms with Crippen LogP contribution in [0.15, 0.2) is 18.3 Å². The molecule has 1 heterocycles. The molecule has 2 amide bonds. The Bertz CT molecular complexity index is 1500. The van der Waals surface area contributed by atoms with Gasteiger partial charge < -0.3 is 4.74 Å². The molecule has 0 unspecified atom stereocenters. The van der Waals surface area contributed by atoms with Crippen LogP contribution < -0.4 is 19.1 Å². The van der Waals surface area contributed by atoms with Gasteiger partial charge in [0.05, 0.1) is 23.0 Å². The number of aldehydes is 1. The lowest BCUT2D eigenvalue weighted by molar-refractivity contribution is -0.672. The fourth-order valence-electron chi connectivity index (χ4n) is 5.45. The molecule has 0 aliphatic rings. The SMILES string of the molecule is Cc1c(C)c(N(C)C(=O)N(C)c2c(C)c(C)c(Oc3cc[n+](C)c(C=O)c3)c(C)c2C)c(C)c(C(F)(F)F)c1C. The number of hydrogen-bond acceptors (Lipinski definition) is 3. The first-order chi connectivity index (χ1) is 18.4. The van der Waals surface area contributed by atoms with Crippen molar-refractivity contribution < 1.29 is 32.1 Å². The Morgan fingerprint density at radius 3 is 1.75 bits per heavy atom. The first-order valence-electron chi connectivity index (χ1n) is 12.9. The third kappa shape index (κ3) is 5.17. The number of anilines is 2. The van der Waals surface area contributed by atoms with Crippen molar-refractivity contribution >= 4 is 23.7 Å². The van der Waals surface area contributed by atoms with Crippen LogP contribution in [0.5, 0.6) is 11.5 Å². The highest BCUT2D eigenvalue weighted by Crippen LogP contribution is 2.43. The first kappa shape index (κ1) is 30.7. The molecule has 0 bridgehead atoms. The Kier molecular flexibility index (Phi) is 8.39. The van der Waals surface area contributed by atoms with Gasteiger partial charge in [-0.2, -0.15) is 17.7 Å². The van der Waals surface area contributed by atoms with Gasteiger partial charge in [-0.25, -0.2) is 4.79 Å². The third-order valence-electron chi connectivity index (χ3n) is 8.13. The number of nitrogens with zero attached hydrogens (tertiary/aromatic N) is 3. The molecular weight excluding hydrogens is 519 g/mol. The summed E-state index contributed by atoms with van der Waals surface area (Å²) in [4.78, 5) is 28.0. The van der Waals surface area contributed by atoms with Crippen LogP contribution in [0.25, 0.3) is 0 Å². The molecule has 2 aromatic carbocycles. The number of hydrogen-bond donors (Lipinski definition) is 0. The fourth-order valence-corrected chi connectivity index (χ4v) is 5.45. The lowest BCUT2D eigenvalue weighted by Gasteiger charge is -2.32. The molecule has 0 spiro atoms. The molecular formula is C31H37F3N3O3+. The minimum Gasteiger partial charge on any atom is -0.456 e. The standard InChI is InChI=1S/C31H37F3N3O3/c1-16-17(2)26(31(32,33)34)23(8)28(18(16)3)37(11)30(39)36(10)27-19(4)21(6)29(22(7)20(27)5)40-25-12-13-35(9)24(14-25)15-38/h12-15H,1-11H3/q+1. The number of ether oxygens (including phenoxy) is 1. The first-order valence-corrected chi connectivity index (χ1v) is 12.9. The molecule has 1 aromatic heterocycles. The summed E-state index contributed by atoms with van der Waals surface area (Å²) in [5.41, 5.74) is 5.17. The number of benzene rings is 2. The van der Waals surface area contributed by atoms with Crippen LogP contribution in [0.4, 0.5) is 29.3 Å². The summed E-state index contributed by atoms with van der Waals surface area (Å²) < 4.78 is 49.9. The Balaban J connectivity index is 2.09. The molecule has 6 nitrogen and oxygen atoms in total. The van der Waals surface area contributed by atoms with Gasteiger partial charge in [-0.3, -0.25) is 14.6 Å². The quantitative estimate of drug-likeness (QED) is 0.245. The van der Waals surface area contributed by atoms with Gasteiger partial charge in [0.15, 0.2) is 6.20 Å². The number of halogens is 3. The number of carbonyl (C=O) groups excluding carboxylic acids is 2. The van der Waals surface area contributed by atoms with Crippen LogP contribution in [0.3, 0.4) is 0 Å². The van der Waals surface area contributed by atoms with E-state index in [4.69, 9.17) is 4.74 Å². The van der Waals surface area contributed by atoms with E-state index in [0.29, 0.717) is 34.0 Å². The summed E-state index contributed by atoms with van der Waals surface area (Å²) in [5.74, 6) is 1.12. The molecule has 3 aromatic rings. The number of amides is 2. The van der Waals surface area contributed by atoms with Gasteiger partial charge in [0.1, 0.15) is 18.5 Å². The molecule has 0 aliphatic heterocycles. The van der Waals surface area contributed by atoms with Crippen LogP contribution in [-0.2, 0) is 13.2 Å². The Morgan fingerprint density at radius 1 is 0.800 bits per heavy atom. The van der Waals surface area contributed by atoms with Crippen LogP contribution >= 0.6 is 0 Å². The summed E-state index contributed by atoms with van der Waals surface area (Å²) in [6.45, 7) is 13.8. The van der Waals surface area contributed by atoms with Gasteiger partial charge in [0.25, 0.3) is 0 Å². The van der Waals surface area contributed by atoms with Gasteiger partial charge in [-0.15, -0.1) is 0 Å². The maximum absolute atomic E-state index is 14.0. The van der Waals surface area contributed by atoms with Gasteiger partial charge in [-0.1, -0.05) is 0 Å². The Hall–Kier alpha value is -3.88. The van der Waals surface area contributed by atoms with E-state index in [-0.39, 0.29) is 16.8 Å². The second-order valence-corrected chi connectivity index (χ2v) is 10.4. The van der Waals surface area contributed by atoms with E-state index in [1.165, 1.54) is 30.7 Å². The number of carbonyl (C=O) groups is 2. The molecule has 0 aliphatic carbocycles. The summed E-state index contributed by atoms with van der Waals surface area (Å²) in [7, 11) is 4.89. The normalized spacial score (nSPS) is 11.4. The smallest absolute Gasteiger partial charge is 0.417 e. The second-order valence-electron chi connectivity index (χ2n) is 10.4. The van der Waals surface area contributed by atoms with Gasteiger partial charge in [0.2, 0.25) is 12.0 Å². The van der Waals surface area contributed by atoms with Crippen molar-refractivity contribution in [1.82, 2.24) is 0 Å². The molecule has 9 heteroatoms. The van der Waals surface area contributed by atoms with E-state index in [9.17, 15) is 22.8 Å². The van der Waals surface area contributed by atoms with Crippen molar-refractivity contribution in [2.24, 2.45) is 7.05 Å². The molecule has 3 rings (SSSR count). The van der Waals surface area contributed by atoms with Crippen molar-refractivity contribution in [2.45, 2.75) is 61.6 Å². The topological polar surface area (TPSA) is 53.7 Å². The summed E-state index contributed by atoms with van der Waals surface area (Å²) in [5, 5.41) is 0. The van der Waals surface area contributed by atoms with Crippen molar-refractivity contribution in [3.63, 3.8) is 0 Å². The minimum atomic E-state index is -4.54. The predicted molar refractivity (Wildman–Crippen MR) is 151 cm³/mol. The van der Waals surface area contributed by atoms with Crippen molar-refractivity contribution in [1.29, 1.82) is 0 Å². The maximum atomic E-state index is 14.0. The fraction of sp³-hybridized carbons (Fsp3) is 0.387. The van der Waals surface area contributed by atoms with Crippen LogP contribution in [-0.4, -0.2) is 26.4 Å². The predicted octanol–water partition coefficient (Wildman–Crippen LogP) is 7.29. The van der Waals surface area contributed by atoms with Gasteiger partial charge >= 0.3 is 12.2 Å². The molecule has 0 N–H and O–H groups in total. The number of rotatable bonds is 5. The monoisotopic (exact) mass is 556 g/mol. The summed E-state index contributed by atoms with van der Waals surface area (Å²) >= 11 is 0. The van der Waals surface area contributed by atoms with Gasteiger partial charge in [0, 0.05) is 20.2 Å². The lowest BCUT2D eigenvalue weighted by atomic mass is 9.91. The van der Waals surface area contributed by atoms with Gasteiger partial charge in [-0.05, 0) is 99.9 Å². The van der Waals surface area contributed by atoms with E-state index in [0.717, 1.165) is 28.5 Å². The van der Waals surface area contributed by atoms with Crippen molar-refractivity contribution in [3.8, 4) is 11.5 Å². The highest BCUT2D eigenvalue weighted by molar-refractivity contribution is 6.05. The van der Waals surface area contributed by atoms with E-state index < -0.39 is 17.8 Å². The Labute approximate surface area is 234 Å². The number of pyridine rings is 1. The average molecular weight is 557 g/mol. The molecule has 0 saturated heterocycles. The minimum absolute atomic E-state index is 0.0212. The Morgan fingerprint density at radius 2 is 1.27 bits per heavy atom. The molecule has 0 fully saturated rings. The highest BCUT2D eigenvalue weighted by atomic mass is 19.4. The molecule has 0 radical (unpaired) electrons. The summed E-state index contributed by atoms with van der Waals surface area (Å²) in [6.07, 6.45) is -2.06. The molecule has 0 saturated carbocycles. The number of aromatic nitrogens is 1. The number of urea groups is 1. The zero-order valence-corrected chi connectivity index (χ0v) is 25.0. The lowest BCUT2D eigenvalue weighted by Crippen LogP contribution is -2.40. The van der Waals surface area contributed by atoms with Crippen LogP contribution in [0.2, 0.25) is 0 Å². The zero-order chi connectivity index (χ0) is 30.4. The number of aryl methyl sites for hydroxylation is 1. The van der Waals surface area contributed by atoms with Crippen molar-refractivity contribution in [3.05, 3.63) is 74.1 Å². The van der Waals surface area contributed by atoms with Crippen LogP contribution in [0.1, 0.15) is 60.6 Å².